The number of nitrogens with zero attached hydrogens (tertiary/aromatic N) is 2. The first-order valence-corrected chi connectivity index (χ1v) is 11.6. The molecular formula is C27H29N3O5. The van der Waals surface area contributed by atoms with Gasteiger partial charge in [-0.25, -0.2) is 0 Å². The molecule has 182 valence electrons. The quantitative estimate of drug-likeness (QED) is 0.609. The molecule has 5 rings (SSSR count). The maximum Gasteiger partial charge on any atom is 0.263 e. The molecule has 2 aliphatic heterocycles. The van der Waals surface area contributed by atoms with E-state index >= 15 is 0 Å². The summed E-state index contributed by atoms with van der Waals surface area (Å²) in [6.45, 7) is 2.96. The first-order chi connectivity index (χ1) is 16.9. The third kappa shape index (κ3) is 4.14. The molecule has 1 amide bonds. The lowest BCUT2D eigenvalue weighted by molar-refractivity contribution is 0.102. The van der Waals surface area contributed by atoms with Crippen molar-refractivity contribution >= 4 is 11.6 Å². The fourth-order valence-corrected chi connectivity index (χ4v) is 4.83. The van der Waals surface area contributed by atoms with Crippen molar-refractivity contribution in [2.45, 2.75) is 25.8 Å². The maximum absolute atomic E-state index is 12.7. The molecule has 0 fully saturated rings. The summed E-state index contributed by atoms with van der Waals surface area (Å²) >= 11 is 0. The van der Waals surface area contributed by atoms with E-state index in [9.17, 15) is 9.59 Å². The van der Waals surface area contributed by atoms with Crippen molar-refractivity contribution in [3.05, 3.63) is 80.8 Å². The van der Waals surface area contributed by atoms with Crippen LogP contribution >= 0.6 is 0 Å². The summed E-state index contributed by atoms with van der Waals surface area (Å²) in [5, 5.41) is 2.83. The van der Waals surface area contributed by atoms with Gasteiger partial charge in [-0.05, 0) is 68.3 Å². The van der Waals surface area contributed by atoms with Crippen LogP contribution in [0, 0.1) is 6.92 Å². The highest BCUT2D eigenvalue weighted by Crippen LogP contribution is 2.49. The van der Waals surface area contributed by atoms with Crippen LogP contribution in [0.5, 0.6) is 17.2 Å². The number of hydrogen-bond acceptors (Lipinski definition) is 6. The third-order valence-corrected chi connectivity index (χ3v) is 6.99. The van der Waals surface area contributed by atoms with Gasteiger partial charge in [0.05, 0.1) is 7.11 Å². The number of methoxy groups -OCH3 is 1. The number of nitrogens with one attached hydrogen (secondary N) is 1. The number of hydrogen-bond donors (Lipinski definition) is 1. The second-order valence-corrected chi connectivity index (χ2v) is 9.07. The normalized spacial score (nSPS) is 16.6. The van der Waals surface area contributed by atoms with E-state index in [-0.39, 0.29) is 24.0 Å². The summed E-state index contributed by atoms with van der Waals surface area (Å²) in [7, 11) is 5.45. The van der Waals surface area contributed by atoms with E-state index in [4.69, 9.17) is 14.2 Å². The molecule has 0 radical (unpaired) electrons. The largest absolute Gasteiger partial charge is 0.492 e. The van der Waals surface area contributed by atoms with Crippen LogP contribution in [-0.2, 0) is 19.9 Å². The van der Waals surface area contributed by atoms with Crippen LogP contribution in [0.25, 0.3) is 0 Å². The maximum atomic E-state index is 12.7. The van der Waals surface area contributed by atoms with Crippen LogP contribution in [0.2, 0.25) is 0 Å². The van der Waals surface area contributed by atoms with Gasteiger partial charge >= 0.3 is 0 Å². The molecule has 3 heterocycles. The van der Waals surface area contributed by atoms with Crippen molar-refractivity contribution in [3.63, 3.8) is 0 Å². The van der Waals surface area contributed by atoms with Crippen molar-refractivity contribution in [1.29, 1.82) is 0 Å². The minimum atomic E-state index is -0.417. The van der Waals surface area contributed by atoms with Gasteiger partial charge in [0, 0.05) is 36.6 Å². The first kappa shape index (κ1) is 23.0. The van der Waals surface area contributed by atoms with Gasteiger partial charge in [-0.15, -0.1) is 0 Å². The predicted molar refractivity (Wildman–Crippen MR) is 133 cm³/mol. The van der Waals surface area contributed by atoms with Crippen molar-refractivity contribution in [1.82, 2.24) is 9.47 Å². The molecule has 1 atom stereocenters. The van der Waals surface area contributed by atoms with Crippen molar-refractivity contribution in [3.8, 4) is 17.2 Å². The molecule has 2 aromatic carbocycles. The van der Waals surface area contributed by atoms with E-state index in [0.29, 0.717) is 11.4 Å². The van der Waals surface area contributed by atoms with Crippen LogP contribution in [0.4, 0.5) is 5.69 Å². The molecule has 1 aromatic heterocycles. The summed E-state index contributed by atoms with van der Waals surface area (Å²) in [4.78, 5) is 27.4. The Labute approximate surface area is 204 Å². The lowest BCUT2D eigenvalue weighted by Crippen LogP contribution is -2.33. The molecule has 8 nitrogen and oxygen atoms in total. The zero-order chi connectivity index (χ0) is 24.7. The molecule has 2 aliphatic rings. The average molecular weight is 476 g/mol. The second kappa shape index (κ2) is 9.11. The first-order valence-electron chi connectivity index (χ1n) is 11.6. The van der Waals surface area contributed by atoms with Crippen molar-refractivity contribution in [2.24, 2.45) is 7.05 Å². The summed E-state index contributed by atoms with van der Waals surface area (Å²) in [6.07, 6.45) is 1.69. The second-order valence-electron chi connectivity index (χ2n) is 9.07. The third-order valence-electron chi connectivity index (χ3n) is 6.99. The number of likely N-dealkylation sites (N-methyl/N-ethyl adjacent to an activating group) is 1. The molecule has 35 heavy (non-hydrogen) atoms. The van der Waals surface area contributed by atoms with Gasteiger partial charge in [0.25, 0.3) is 11.5 Å². The molecule has 0 saturated heterocycles. The van der Waals surface area contributed by atoms with Crippen LogP contribution in [0.3, 0.4) is 0 Å². The van der Waals surface area contributed by atoms with Crippen LogP contribution in [0.15, 0.2) is 47.3 Å². The van der Waals surface area contributed by atoms with E-state index in [0.717, 1.165) is 47.7 Å². The number of anilines is 1. The predicted octanol–water partition coefficient (Wildman–Crippen LogP) is 3.46. The summed E-state index contributed by atoms with van der Waals surface area (Å²) in [6, 6.07) is 13.3. The highest BCUT2D eigenvalue weighted by molar-refractivity contribution is 6.04. The fraction of sp³-hybridized carbons (Fsp3) is 0.333. The molecule has 0 aliphatic carbocycles. The molecule has 1 N–H and O–H groups in total. The van der Waals surface area contributed by atoms with E-state index in [1.54, 1.807) is 26.3 Å². The molecule has 0 saturated carbocycles. The topological polar surface area (TPSA) is 82.0 Å². The smallest absolute Gasteiger partial charge is 0.263 e. The number of benzene rings is 2. The molecular weight excluding hydrogens is 446 g/mol. The van der Waals surface area contributed by atoms with Gasteiger partial charge in [-0.1, -0.05) is 12.1 Å². The summed E-state index contributed by atoms with van der Waals surface area (Å²) in [5.74, 6) is 1.74. The van der Waals surface area contributed by atoms with Crippen molar-refractivity contribution in [2.75, 3.05) is 32.8 Å². The number of pyridine rings is 1. The Morgan fingerprint density at radius 3 is 2.66 bits per heavy atom. The minimum Gasteiger partial charge on any atom is -0.492 e. The Morgan fingerprint density at radius 1 is 1.14 bits per heavy atom. The Kier molecular flexibility index (Phi) is 5.98. The van der Waals surface area contributed by atoms with Crippen LogP contribution < -0.4 is 25.1 Å². The van der Waals surface area contributed by atoms with E-state index in [2.05, 4.69) is 23.3 Å². The summed E-state index contributed by atoms with van der Waals surface area (Å²) < 4.78 is 18.6. The number of amides is 1. The van der Waals surface area contributed by atoms with Gasteiger partial charge in [-0.3, -0.25) is 14.5 Å². The number of ether oxygens (including phenoxy) is 3. The Morgan fingerprint density at radius 2 is 1.91 bits per heavy atom. The lowest BCUT2D eigenvalue weighted by Gasteiger charge is -2.36. The number of carbonyl (C=O) groups excluding carboxylic acids is 1. The zero-order valence-electron chi connectivity index (χ0n) is 20.4. The van der Waals surface area contributed by atoms with Crippen molar-refractivity contribution < 1.29 is 19.0 Å². The average Bonchev–Trinajstić information content (AvgIpc) is 3.32. The van der Waals surface area contributed by atoms with Gasteiger partial charge < -0.3 is 24.1 Å². The highest BCUT2D eigenvalue weighted by atomic mass is 16.7. The highest BCUT2D eigenvalue weighted by Gasteiger charge is 2.34. The van der Waals surface area contributed by atoms with Crippen LogP contribution in [0.1, 0.15) is 38.8 Å². The van der Waals surface area contributed by atoms with Gasteiger partial charge in [0.2, 0.25) is 12.5 Å². The number of aromatic nitrogens is 1. The van der Waals surface area contributed by atoms with Crippen LogP contribution in [-0.4, -0.2) is 42.9 Å². The molecule has 0 spiro atoms. The number of aryl methyl sites for hydroxylation is 1. The Balaban J connectivity index is 1.37. The Bertz CT molecular complexity index is 1350. The monoisotopic (exact) mass is 475 g/mol. The molecule has 8 heteroatoms. The zero-order valence-corrected chi connectivity index (χ0v) is 20.4. The number of rotatable bonds is 5. The molecule has 0 bridgehead atoms. The SMILES string of the molecule is COc1c2c(cc3c1C(Cc1ccc(NC(=O)c4ccc(C)n(C)c4=O)cc1)N(C)CC3)OCO2. The number of carbonyl (C=O) groups is 1. The van der Waals surface area contributed by atoms with Gasteiger partial charge in [0.1, 0.15) is 5.56 Å². The molecule has 1 unspecified atom stereocenters. The lowest BCUT2D eigenvalue weighted by atomic mass is 9.87. The van der Waals surface area contributed by atoms with Gasteiger partial charge in [-0.2, -0.15) is 0 Å². The fourth-order valence-electron chi connectivity index (χ4n) is 4.83. The summed E-state index contributed by atoms with van der Waals surface area (Å²) in [5.41, 5.74) is 4.72. The van der Waals surface area contributed by atoms with Gasteiger partial charge in [0.15, 0.2) is 11.5 Å². The van der Waals surface area contributed by atoms with E-state index < -0.39 is 5.91 Å². The Hall–Kier alpha value is -3.78. The number of fused-ring (bicyclic) bond motifs is 2. The minimum absolute atomic E-state index is 0.110. The standard InChI is InChI=1S/C27H29N3O5/c1-16-5-10-20(27(32)30(16)3)26(31)28-19-8-6-17(7-9-19)13-21-23-18(11-12-29(21)2)14-22-24(25(23)33-4)35-15-34-22/h5-10,14,21H,11-13,15H2,1-4H3,(H,28,31). The molecule has 3 aromatic rings. The van der Waals surface area contributed by atoms with E-state index in [1.165, 1.54) is 10.1 Å². The van der Waals surface area contributed by atoms with E-state index in [1.807, 2.05) is 31.2 Å².